The van der Waals surface area contributed by atoms with Crippen LogP contribution in [0.5, 0.6) is 5.75 Å². The Morgan fingerprint density at radius 1 is 1.04 bits per heavy atom. The number of aromatic nitrogens is 1. The zero-order valence-corrected chi connectivity index (χ0v) is 15.7. The summed E-state index contributed by atoms with van der Waals surface area (Å²) in [6, 6.07) is 12.7. The second-order valence-electron chi connectivity index (χ2n) is 6.77. The molecule has 1 N–H and O–H groups in total. The zero-order valence-electron chi connectivity index (χ0n) is 15.7. The number of rotatable bonds is 7. The minimum Gasteiger partial charge on any atom is -0.487 e. The summed E-state index contributed by atoms with van der Waals surface area (Å²) >= 11 is 0. The molecular weight excluding hydrogens is 310 g/mol. The van der Waals surface area contributed by atoms with E-state index in [-0.39, 0.29) is 6.04 Å². The van der Waals surface area contributed by atoms with Crippen molar-refractivity contribution in [2.75, 3.05) is 32.7 Å². The molecule has 0 aliphatic carbocycles. The van der Waals surface area contributed by atoms with Gasteiger partial charge in [-0.2, -0.15) is 0 Å². The molecule has 0 amide bonds. The lowest BCUT2D eigenvalue weighted by atomic mass is 9.97. The van der Waals surface area contributed by atoms with Crippen molar-refractivity contribution in [1.82, 2.24) is 10.3 Å². The van der Waals surface area contributed by atoms with Gasteiger partial charge >= 0.3 is 0 Å². The van der Waals surface area contributed by atoms with Gasteiger partial charge in [0.1, 0.15) is 12.4 Å². The number of ether oxygens (including phenoxy) is 1. The maximum atomic E-state index is 6.01. The maximum absolute atomic E-state index is 6.01. The Morgan fingerprint density at radius 2 is 1.76 bits per heavy atom. The normalized spacial score (nSPS) is 16.5. The van der Waals surface area contributed by atoms with Crippen molar-refractivity contribution in [1.29, 1.82) is 0 Å². The molecule has 2 heterocycles. The zero-order chi connectivity index (χ0) is 17.7. The van der Waals surface area contributed by atoms with Crippen LogP contribution in [0, 0.1) is 0 Å². The highest BCUT2D eigenvalue weighted by Crippen LogP contribution is 2.34. The summed E-state index contributed by atoms with van der Waals surface area (Å²) in [5.74, 6) is 0.959. The smallest absolute Gasteiger partial charge is 0.131 e. The van der Waals surface area contributed by atoms with Crippen LogP contribution in [0.2, 0.25) is 0 Å². The quantitative estimate of drug-likeness (QED) is 0.783. The van der Waals surface area contributed by atoms with Crippen molar-refractivity contribution in [3.63, 3.8) is 0 Å². The first-order valence-electron chi connectivity index (χ1n) is 9.47. The van der Waals surface area contributed by atoms with E-state index in [1.54, 1.807) is 0 Å². The van der Waals surface area contributed by atoms with Crippen molar-refractivity contribution in [3.8, 4) is 5.75 Å². The highest BCUT2D eigenvalue weighted by molar-refractivity contribution is 5.44. The number of nitrogens with zero attached hydrogens (tertiary/aromatic N) is 2. The summed E-state index contributed by atoms with van der Waals surface area (Å²) in [7, 11) is 0. The van der Waals surface area contributed by atoms with Gasteiger partial charge in [-0.15, -0.1) is 0 Å². The molecule has 0 radical (unpaired) electrons. The van der Waals surface area contributed by atoms with Gasteiger partial charge in [-0.1, -0.05) is 24.3 Å². The molecule has 134 valence electrons. The van der Waals surface area contributed by atoms with Gasteiger partial charge in [-0.25, -0.2) is 0 Å². The third-order valence-corrected chi connectivity index (χ3v) is 5.78. The largest absolute Gasteiger partial charge is 0.487 e. The number of nitrogens with one attached hydrogen (secondary N) is 1. The lowest BCUT2D eigenvalue weighted by molar-refractivity contribution is -0.922. The number of quaternary nitrogens is 1. The molecule has 3 rings (SSSR count). The van der Waals surface area contributed by atoms with E-state index >= 15 is 0 Å². The lowest BCUT2D eigenvalue weighted by Crippen LogP contribution is -2.51. The second-order valence-corrected chi connectivity index (χ2v) is 6.77. The monoisotopic (exact) mass is 340 g/mol. The minimum atomic E-state index is 0.134. The molecule has 0 saturated carbocycles. The van der Waals surface area contributed by atoms with Crippen molar-refractivity contribution < 1.29 is 9.22 Å². The first-order chi connectivity index (χ1) is 12.2. The maximum Gasteiger partial charge on any atom is 0.131 e. The van der Waals surface area contributed by atoms with Gasteiger partial charge in [0.25, 0.3) is 0 Å². The molecule has 4 heteroatoms. The molecule has 0 spiro atoms. The van der Waals surface area contributed by atoms with Crippen LogP contribution >= 0.6 is 0 Å². The van der Waals surface area contributed by atoms with E-state index in [4.69, 9.17) is 4.74 Å². The van der Waals surface area contributed by atoms with Gasteiger partial charge in [0.05, 0.1) is 37.9 Å². The van der Waals surface area contributed by atoms with Crippen molar-refractivity contribution >= 4 is 0 Å². The molecule has 0 fully saturated rings. The highest BCUT2D eigenvalue weighted by atomic mass is 16.5. The van der Waals surface area contributed by atoms with Crippen LogP contribution in [-0.4, -0.2) is 42.2 Å². The average Bonchev–Trinajstić information content (AvgIpc) is 2.83. The first kappa shape index (κ1) is 17.9. The van der Waals surface area contributed by atoms with E-state index in [9.17, 15) is 0 Å². The summed E-state index contributed by atoms with van der Waals surface area (Å²) in [5.41, 5.74) is 3.46. The van der Waals surface area contributed by atoms with E-state index in [1.807, 2.05) is 18.3 Å². The van der Waals surface area contributed by atoms with Gasteiger partial charge in [0.15, 0.2) is 0 Å². The van der Waals surface area contributed by atoms with Crippen LogP contribution in [-0.2, 0) is 6.61 Å². The predicted octanol–water partition coefficient (Wildman–Crippen LogP) is 3.53. The van der Waals surface area contributed by atoms with E-state index in [1.165, 1.54) is 30.8 Å². The Hall–Kier alpha value is -1.91. The second kappa shape index (κ2) is 7.98. The highest BCUT2D eigenvalue weighted by Gasteiger charge is 2.26. The van der Waals surface area contributed by atoms with Crippen LogP contribution < -0.4 is 10.1 Å². The van der Waals surface area contributed by atoms with Crippen LogP contribution in [0.4, 0.5) is 0 Å². The number of hydrogen-bond acceptors (Lipinski definition) is 3. The molecule has 1 aliphatic heterocycles. The average molecular weight is 340 g/mol. The molecule has 1 aliphatic rings. The van der Waals surface area contributed by atoms with E-state index in [0.29, 0.717) is 6.61 Å². The molecule has 4 nitrogen and oxygen atoms in total. The van der Waals surface area contributed by atoms with Gasteiger partial charge in [-0.05, 0) is 38.5 Å². The SMILES string of the molecule is CC[N+](CC)(CC)CCNC1c2ccccc2OCc2ncccc21. The summed E-state index contributed by atoms with van der Waals surface area (Å²) in [4.78, 5) is 4.55. The summed E-state index contributed by atoms with van der Waals surface area (Å²) in [6.45, 7) is 13.1. The number of hydrogen-bond donors (Lipinski definition) is 1. The number of benzene rings is 1. The fourth-order valence-corrected chi connectivity index (χ4v) is 3.81. The molecule has 0 bridgehead atoms. The molecule has 1 aromatic carbocycles. The Bertz CT molecular complexity index is 641. The Morgan fingerprint density at radius 3 is 2.52 bits per heavy atom. The van der Waals surface area contributed by atoms with Crippen molar-refractivity contribution in [2.45, 2.75) is 33.4 Å². The van der Waals surface area contributed by atoms with Crippen molar-refractivity contribution in [3.05, 3.63) is 59.4 Å². The lowest BCUT2D eigenvalue weighted by Gasteiger charge is -2.36. The van der Waals surface area contributed by atoms with Gasteiger partial charge in [0.2, 0.25) is 0 Å². The molecule has 1 unspecified atom stereocenters. The molecule has 25 heavy (non-hydrogen) atoms. The Labute approximate surface area is 151 Å². The van der Waals surface area contributed by atoms with Gasteiger partial charge in [-0.3, -0.25) is 4.98 Å². The fourth-order valence-electron chi connectivity index (χ4n) is 3.81. The molecule has 1 aromatic heterocycles. The third-order valence-electron chi connectivity index (χ3n) is 5.78. The van der Waals surface area contributed by atoms with Gasteiger partial charge < -0.3 is 14.5 Å². The van der Waals surface area contributed by atoms with E-state index in [2.05, 4.69) is 55.3 Å². The minimum absolute atomic E-state index is 0.134. The topological polar surface area (TPSA) is 34.1 Å². The van der Waals surface area contributed by atoms with Gasteiger partial charge in [0, 0.05) is 18.3 Å². The van der Waals surface area contributed by atoms with Crippen LogP contribution in [0.1, 0.15) is 43.6 Å². The molecular formula is C21H30N3O+. The fraction of sp³-hybridized carbons (Fsp3) is 0.476. The summed E-state index contributed by atoms with van der Waals surface area (Å²) < 4.78 is 7.16. The van der Waals surface area contributed by atoms with Crippen LogP contribution in [0.3, 0.4) is 0 Å². The Kier molecular flexibility index (Phi) is 5.71. The first-order valence-corrected chi connectivity index (χ1v) is 9.47. The number of likely N-dealkylation sites (N-methyl/N-ethyl adjacent to an activating group) is 1. The number of fused-ring (bicyclic) bond motifs is 2. The van der Waals surface area contributed by atoms with E-state index < -0.39 is 0 Å². The number of pyridine rings is 1. The summed E-state index contributed by atoms with van der Waals surface area (Å²) in [5, 5.41) is 3.80. The van der Waals surface area contributed by atoms with Crippen molar-refractivity contribution in [2.24, 2.45) is 0 Å². The molecule has 2 aromatic rings. The van der Waals surface area contributed by atoms with Crippen LogP contribution in [0.25, 0.3) is 0 Å². The Balaban J connectivity index is 1.85. The number of para-hydroxylation sites is 1. The molecule has 0 saturated heterocycles. The standard InChI is InChI=1S/C21H30N3O/c1-4-24(5-2,6-3)15-14-23-21-17-11-9-13-22-19(17)16-25-20-12-8-7-10-18(20)21/h7-13,21,23H,4-6,14-16H2,1-3H3/q+1. The summed E-state index contributed by atoms with van der Waals surface area (Å²) in [6.07, 6.45) is 1.85. The van der Waals surface area contributed by atoms with Crippen LogP contribution in [0.15, 0.2) is 42.6 Å². The molecule has 1 atom stereocenters. The predicted molar refractivity (Wildman–Crippen MR) is 102 cm³/mol. The third kappa shape index (κ3) is 3.70. The van der Waals surface area contributed by atoms with E-state index in [0.717, 1.165) is 29.0 Å².